The molecule has 1 aliphatic carbocycles. The monoisotopic (exact) mass is 410 g/mol. The van der Waals surface area contributed by atoms with Gasteiger partial charge in [-0.05, 0) is 47.9 Å². The molecule has 1 heterocycles. The minimum Gasteiger partial charge on any atom is -0.204 e. The molecule has 0 bridgehead atoms. The van der Waals surface area contributed by atoms with Gasteiger partial charge in [-0.3, -0.25) is 0 Å². The Morgan fingerprint density at radius 2 is 1.43 bits per heavy atom. The standard InChI is InChI=1S/C24H37F3Si/c1-2-3-4-5-18-8-10-21(11-9-18)28-14-12-19(13-15-28)6-7-20-16-22(25)24(27)23(26)17-20/h16-19,21,28H,2-15H2,1H3/t18-,19?,21-,28?. The molecule has 1 aromatic carbocycles. The molecule has 158 valence electrons. The Hall–Kier alpha value is -0.773. The fourth-order valence-corrected chi connectivity index (χ4v) is 10.1. The van der Waals surface area contributed by atoms with Gasteiger partial charge in [-0.15, -0.1) is 0 Å². The minimum absolute atomic E-state index is 0.595. The zero-order chi connectivity index (χ0) is 19.9. The first kappa shape index (κ1) is 21.9. The van der Waals surface area contributed by atoms with Crippen molar-refractivity contribution in [2.75, 3.05) is 0 Å². The van der Waals surface area contributed by atoms with Gasteiger partial charge in [0.15, 0.2) is 17.5 Å². The highest BCUT2D eigenvalue weighted by Crippen LogP contribution is 2.42. The van der Waals surface area contributed by atoms with Gasteiger partial charge in [-0.1, -0.05) is 83.2 Å². The summed E-state index contributed by atoms with van der Waals surface area (Å²) in [6, 6.07) is 5.25. The number of halogens is 3. The molecular weight excluding hydrogens is 373 g/mol. The highest BCUT2D eigenvalue weighted by Gasteiger charge is 2.31. The van der Waals surface area contributed by atoms with E-state index < -0.39 is 26.2 Å². The van der Waals surface area contributed by atoms with Crippen LogP contribution in [-0.4, -0.2) is 8.80 Å². The molecule has 0 nitrogen and oxygen atoms in total. The first-order valence-electron chi connectivity index (χ1n) is 11.7. The SMILES string of the molecule is CCCCC[C@H]1CC[C@H]([SiH]2CCC(CCc3cc(F)c(F)c(F)c3)CC2)CC1. The third-order valence-corrected chi connectivity index (χ3v) is 11.7. The third kappa shape index (κ3) is 6.11. The fraction of sp³-hybridized carbons (Fsp3) is 0.750. The van der Waals surface area contributed by atoms with E-state index in [1.165, 1.54) is 76.3 Å². The molecule has 0 atom stereocenters. The summed E-state index contributed by atoms with van der Waals surface area (Å²) >= 11 is 0. The van der Waals surface area contributed by atoms with E-state index >= 15 is 0 Å². The predicted molar refractivity (Wildman–Crippen MR) is 114 cm³/mol. The zero-order valence-electron chi connectivity index (χ0n) is 17.5. The van der Waals surface area contributed by atoms with E-state index in [1.807, 2.05) is 0 Å². The summed E-state index contributed by atoms with van der Waals surface area (Å²) in [5, 5.41) is 0. The van der Waals surface area contributed by atoms with Gasteiger partial charge >= 0.3 is 0 Å². The first-order chi connectivity index (χ1) is 13.6. The van der Waals surface area contributed by atoms with Crippen LogP contribution in [0, 0.1) is 29.3 Å². The summed E-state index contributed by atoms with van der Waals surface area (Å²) in [6.45, 7) is 2.29. The van der Waals surface area contributed by atoms with Gasteiger partial charge in [0.05, 0.1) is 0 Å². The van der Waals surface area contributed by atoms with E-state index in [1.54, 1.807) is 0 Å². The van der Waals surface area contributed by atoms with E-state index in [0.29, 0.717) is 17.9 Å². The number of hydrogen-bond acceptors (Lipinski definition) is 0. The summed E-state index contributed by atoms with van der Waals surface area (Å²) in [5.41, 5.74) is 1.67. The lowest BCUT2D eigenvalue weighted by Crippen LogP contribution is -2.29. The number of hydrogen-bond donors (Lipinski definition) is 0. The Bertz CT molecular complexity index is 579. The number of rotatable bonds is 8. The lowest BCUT2D eigenvalue weighted by molar-refractivity contribution is 0.323. The minimum atomic E-state index is -1.35. The van der Waals surface area contributed by atoms with Crippen LogP contribution in [0.1, 0.15) is 83.1 Å². The zero-order valence-corrected chi connectivity index (χ0v) is 18.7. The van der Waals surface area contributed by atoms with E-state index in [-0.39, 0.29) is 0 Å². The van der Waals surface area contributed by atoms with Gasteiger partial charge in [0.2, 0.25) is 0 Å². The molecule has 28 heavy (non-hydrogen) atoms. The lowest BCUT2D eigenvalue weighted by atomic mass is 9.85. The van der Waals surface area contributed by atoms with Gasteiger partial charge in [0.1, 0.15) is 0 Å². The van der Waals surface area contributed by atoms with Crippen molar-refractivity contribution in [3.05, 3.63) is 35.1 Å². The maximum Gasteiger partial charge on any atom is 0.194 e. The van der Waals surface area contributed by atoms with E-state index in [0.717, 1.165) is 30.0 Å². The van der Waals surface area contributed by atoms with Gasteiger partial charge in [0.25, 0.3) is 0 Å². The Morgan fingerprint density at radius 1 is 0.821 bits per heavy atom. The van der Waals surface area contributed by atoms with Crippen LogP contribution >= 0.6 is 0 Å². The molecule has 0 radical (unpaired) electrons. The summed E-state index contributed by atoms with van der Waals surface area (Å²) < 4.78 is 39.8. The van der Waals surface area contributed by atoms with Crippen LogP contribution in [0.15, 0.2) is 12.1 Å². The van der Waals surface area contributed by atoms with Crippen molar-refractivity contribution in [3.63, 3.8) is 0 Å². The average molecular weight is 411 g/mol. The molecule has 1 saturated carbocycles. The summed E-state index contributed by atoms with van der Waals surface area (Å²) in [7, 11) is -0.598. The molecule has 0 amide bonds. The van der Waals surface area contributed by atoms with Crippen LogP contribution < -0.4 is 0 Å². The van der Waals surface area contributed by atoms with E-state index in [9.17, 15) is 13.2 Å². The van der Waals surface area contributed by atoms with Gasteiger partial charge in [0, 0.05) is 8.80 Å². The molecule has 0 spiro atoms. The Balaban J connectivity index is 1.36. The summed E-state index contributed by atoms with van der Waals surface area (Å²) in [5.74, 6) is -1.78. The van der Waals surface area contributed by atoms with Crippen molar-refractivity contribution in [1.29, 1.82) is 0 Å². The van der Waals surface area contributed by atoms with Crippen molar-refractivity contribution in [2.45, 2.75) is 102 Å². The Labute approximate surface area is 170 Å². The topological polar surface area (TPSA) is 0 Å². The lowest BCUT2D eigenvalue weighted by Gasteiger charge is -2.37. The van der Waals surface area contributed by atoms with E-state index in [2.05, 4.69) is 6.92 Å². The van der Waals surface area contributed by atoms with Gasteiger partial charge < -0.3 is 0 Å². The maximum atomic E-state index is 13.4. The number of aryl methyl sites for hydroxylation is 1. The van der Waals surface area contributed by atoms with Crippen molar-refractivity contribution >= 4 is 8.80 Å². The molecule has 1 aliphatic heterocycles. The Morgan fingerprint density at radius 3 is 2.04 bits per heavy atom. The maximum absolute atomic E-state index is 13.4. The second-order valence-electron chi connectivity index (χ2n) is 9.47. The van der Waals surface area contributed by atoms with Gasteiger partial charge in [-0.2, -0.15) is 0 Å². The smallest absolute Gasteiger partial charge is 0.194 e. The van der Waals surface area contributed by atoms with E-state index in [4.69, 9.17) is 0 Å². The summed E-state index contributed by atoms with van der Waals surface area (Å²) in [4.78, 5) is 0. The number of benzene rings is 1. The Kier molecular flexibility index (Phi) is 8.49. The van der Waals surface area contributed by atoms with Crippen LogP contribution in [0.4, 0.5) is 13.2 Å². The molecule has 3 rings (SSSR count). The van der Waals surface area contributed by atoms with Crippen molar-refractivity contribution in [2.24, 2.45) is 11.8 Å². The molecule has 4 heteroatoms. The average Bonchev–Trinajstić information content (AvgIpc) is 2.71. The van der Waals surface area contributed by atoms with Crippen LogP contribution in [0.2, 0.25) is 17.6 Å². The van der Waals surface area contributed by atoms with Crippen molar-refractivity contribution < 1.29 is 13.2 Å². The number of unbranched alkanes of at least 4 members (excludes halogenated alkanes) is 2. The molecule has 2 aliphatic rings. The predicted octanol–water partition coefficient (Wildman–Crippen LogP) is 7.81. The van der Waals surface area contributed by atoms with Crippen LogP contribution in [-0.2, 0) is 6.42 Å². The second kappa shape index (κ2) is 10.8. The first-order valence-corrected chi connectivity index (χ1v) is 14.0. The van der Waals surface area contributed by atoms with Gasteiger partial charge in [-0.25, -0.2) is 13.2 Å². The summed E-state index contributed by atoms with van der Waals surface area (Å²) in [6.07, 6.45) is 15.8. The largest absolute Gasteiger partial charge is 0.204 e. The quantitative estimate of drug-likeness (QED) is 0.233. The molecular formula is C24H37F3Si. The third-order valence-electron chi connectivity index (χ3n) is 7.55. The molecule has 2 fully saturated rings. The van der Waals surface area contributed by atoms with Crippen molar-refractivity contribution in [3.8, 4) is 0 Å². The molecule has 0 N–H and O–H groups in total. The molecule has 1 saturated heterocycles. The van der Waals surface area contributed by atoms with Crippen LogP contribution in [0.3, 0.4) is 0 Å². The second-order valence-corrected chi connectivity index (χ2v) is 13.1. The van der Waals surface area contributed by atoms with Crippen molar-refractivity contribution in [1.82, 2.24) is 0 Å². The molecule has 1 aromatic rings. The van der Waals surface area contributed by atoms with Crippen LogP contribution in [0.25, 0.3) is 0 Å². The normalized spacial score (nSPS) is 28.4. The van der Waals surface area contributed by atoms with Crippen LogP contribution in [0.5, 0.6) is 0 Å². The highest BCUT2D eigenvalue weighted by molar-refractivity contribution is 6.60. The molecule has 0 aromatic heterocycles. The highest BCUT2D eigenvalue weighted by atomic mass is 28.3. The molecule has 0 unspecified atom stereocenters. The fourth-order valence-electron chi connectivity index (χ4n) is 5.70.